The van der Waals surface area contributed by atoms with Crippen molar-refractivity contribution in [3.05, 3.63) is 63.6 Å². The highest BCUT2D eigenvalue weighted by atomic mass is 35.5. The summed E-state index contributed by atoms with van der Waals surface area (Å²) in [6.07, 6.45) is 0.0477. The molecular weight excluding hydrogens is 335 g/mol. The fourth-order valence-electron chi connectivity index (χ4n) is 2.47. The molecule has 0 spiro atoms. The van der Waals surface area contributed by atoms with Gasteiger partial charge in [0.25, 0.3) is 5.91 Å². The molecular formula is C17H16Cl2N2O2. The average Bonchev–Trinajstić information content (AvgIpc) is 2.56. The van der Waals surface area contributed by atoms with Crippen LogP contribution in [0, 0.1) is 0 Å². The summed E-state index contributed by atoms with van der Waals surface area (Å²) in [5, 5.41) is 6.75. The van der Waals surface area contributed by atoms with E-state index in [2.05, 4.69) is 10.6 Å². The van der Waals surface area contributed by atoms with Gasteiger partial charge in [-0.15, -0.1) is 0 Å². The number of carbonyl (C=O) groups excluding carboxylic acids is 1. The molecule has 2 N–H and O–H groups in total. The first kappa shape index (κ1) is 16.3. The Bertz CT molecular complexity index is 678. The molecule has 0 saturated carbocycles. The third-order valence-corrected chi connectivity index (χ3v) is 4.29. The van der Waals surface area contributed by atoms with Crippen LogP contribution in [0.15, 0.2) is 42.5 Å². The second-order valence-electron chi connectivity index (χ2n) is 5.24. The van der Waals surface area contributed by atoms with Gasteiger partial charge in [-0.1, -0.05) is 41.4 Å². The van der Waals surface area contributed by atoms with Gasteiger partial charge >= 0.3 is 0 Å². The summed E-state index contributed by atoms with van der Waals surface area (Å²) in [7, 11) is 0. The van der Waals surface area contributed by atoms with E-state index in [-0.39, 0.29) is 17.6 Å². The van der Waals surface area contributed by atoms with Gasteiger partial charge in [-0.05, 0) is 29.8 Å². The molecule has 0 aromatic heterocycles. The van der Waals surface area contributed by atoms with Gasteiger partial charge in [0.1, 0.15) is 0 Å². The van der Waals surface area contributed by atoms with Crippen LogP contribution in [0.3, 0.4) is 0 Å². The molecule has 0 bridgehead atoms. The van der Waals surface area contributed by atoms with Gasteiger partial charge in [0.15, 0.2) is 0 Å². The normalized spacial score (nSPS) is 17.7. The number of carbonyl (C=O) groups is 1. The fourth-order valence-corrected chi connectivity index (χ4v) is 3.04. The van der Waals surface area contributed by atoms with E-state index in [4.69, 9.17) is 27.9 Å². The monoisotopic (exact) mass is 350 g/mol. The molecule has 1 fully saturated rings. The lowest BCUT2D eigenvalue weighted by Gasteiger charge is -2.24. The average molecular weight is 351 g/mol. The van der Waals surface area contributed by atoms with Gasteiger partial charge in [-0.25, -0.2) is 0 Å². The third-order valence-electron chi connectivity index (χ3n) is 3.66. The van der Waals surface area contributed by atoms with E-state index in [1.807, 2.05) is 24.3 Å². The number of hydrogen-bond donors (Lipinski definition) is 2. The molecule has 2 aromatic carbocycles. The Kier molecular flexibility index (Phi) is 5.18. The first-order valence-corrected chi connectivity index (χ1v) is 8.08. The number of rotatable bonds is 3. The molecule has 1 saturated heterocycles. The molecule has 4 nitrogen and oxygen atoms in total. The Morgan fingerprint density at radius 2 is 1.83 bits per heavy atom. The molecule has 1 atom stereocenters. The minimum absolute atomic E-state index is 0.0477. The van der Waals surface area contributed by atoms with Gasteiger partial charge in [-0.2, -0.15) is 0 Å². The summed E-state index contributed by atoms with van der Waals surface area (Å²) in [5.74, 6) is -0.330. The van der Waals surface area contributed by atoms with Gasteiger partial charge in [0, 0.05) is 18.8 Å². The first-order chi connectivity index (χ1) is 11.1. The number of nitrogens with one attached hydrogen (secondary N) is 2. The lowest BCUT2D eigenvalue weighted by atomic mass is 10.1. The van der Waals surface area contributed by atoms with E-state index in [1.165, 1.54) is 0 Å². The van der Waals surface area contributed by atoms with Crippen molar-refractivity contribution in [2.75, 3.05) is 25.0 Å². The van der Waals surface area contributed by atoms with Crippen LogP contribution >= 0.6 is 23.2 Å². The maximum Gasteiger partial charge on any atom is 0.258 e. The molecule has 1 aliphatic heterocycles. The highest BCUT2D eigenvalue weighted by Gasteiger charge is 2.17. The number of ether oxygens (including phenoxy) is 1. The van der Waals surface area contributed by atoms with Crippen molar-refractivity contribution < 1.29 is 9.53 Å². The minimum atomic E-state index is -0.330. The lowest BCUT2D eigenvalue weighted by Crippen LogP contribution is -2.33. The second-order valence-corrected chi connectivity index (χ2v) is 6.05. The lowest BCUT2D eigenvalue weighted by molar-refractivity contribution is 0.0277. The SMILES string of the molecule is O=C(Nc1ccc([C@H]2CNCCO2)cc1)c1c(Cl)cccc1Cl. The minimum Gasteiger partial charge on any atom is -0.371 e. The molecule has 1 aliphatic rings. The van der Waals surface area contributed by atoms with E-state index in [9.17, 15) is 4.79 Å². The summed E-state index contributed by atoms with van der Waals surface area (Å²) in [6, 6.07) is 12.6. The predicted octanol–water partition coefficient (Wildman–Crippen LogP) is 3.91. The highest BCUT2D eigenvalue weighted by Crippen LogP contribution is 2.26. The fraction of sp³-hybridized carbons (Fsp3) is 0.235. The van der Waals surface area contributed by atoms with Crippen molar-refractivity contribution >= 4 is 34.8 Å². The largest absolute Gasteiger partial charge is 0.371 e. The number of anilines is 1. The Labute approximate surface area is 144 Å². The van der Waals surface area contributed by atoms with Crippen LogP contribution in [0.25, 0.3) is 0 Å². The predicted molar refractivity (Wildman–Crippen MR) is 92.4 cm³/mol. The number of halogens is 2. The van der Waals surface area contributed by atoms with E-state index in [0.717, 1.165) is 18.7 Å². The number of hydrogen-bond acceptors (Lipinski definition) is 3. The van der Waals surface area contributed by atoms with Gasteiger partial charge in [0.05, 0.1) is 28.3 Å². The molecule has 0 aliphatic carbocycles. The van der Waals surface area contributed by atoms with Crippen molar-refractivity contribution in [1.82, 2.24) is 5.32 Å². The molecule has 6 heteroatoms. The van der Waals surface area contributed by atoms with Crippen molar-refractivity contribution in [3.8, 4) is 0 Å². The number of amides is 1. The standard InChI is InChI=1S/C17H16Cl2N2O2/c18-13-2-1-3-14(19)16(13)17(22)21-12-6-4-11(5-7-12)15-10-20-8-9-23-15/h1-7,15,20H,8-10H2,(H,21,22)/t15-/m1/s1. The van der Waals surface area contributed by atoms with E-state index >= 15 is 0 Å². The Hall–Kier alpha value is -1.59. The van der Waals surface area contributed by atoms with E-state index in [0.29, 0.717) is 22.3 Å². The van der Waals surface area contributed by atoms with Crippen LogP contribution in [0.1, 0.15) is 22.0 Å². The van der Waals surface area contributed by atoms with Gasteiger partial charge in [-0.3, -0.25) is 4.79 Å². The number of benzene rings is 2. The van der Waals surface area contributed by atoms with Gasteiger partial charge in [0.2, 0.25) is 0 Å². The molecule has 1 heterocycles. The molecule has 3 rings (SSSR count). The van der Waals surface area contributed by atoms with Crippen LogP contribution in [0.4, 0.5) is 5.69 Å². The molecule has 120 valence electrons. The van der Waals surface area contributed by atoms with Crippen LogP contribution in [0.5, 0.6) is 0 Å². The summed E-state index contributed by atoms with van der Waals surface area (Å²) in [4.78, 5) is 12.3. The third kappa shape index (κ3) is 3.85. The maximum atomic E-state index is 12.3. The van der Waals surface area contributed by atoms with Crippen molar-refractivity contribution in [2.24, 2.45) is 0 Å². The Morgan fingerprint density at radius 3 is 2.43 bits per heavy atom. The molecule has 0 unspecified atom stereocenters. The van der Waals surface area contributed by atoms with Crippen LogP contribution in [-0.2, 0) is 4.74 Å². The summed E-state index contributed by atoms with van der Waals surface area (Å²) < 4.78 is 5.70. The second kappa shape index (κ2) is 7.32. The Balaban J connectivity index is 1.72. The smallest absolute Gasteiger partial charge is 0.258 e. The first-order valence-electron chi connectivity index (χ1n) is 7.33. The topological polar surface area (TPSA) is 50.4 Å². The summed E-state index contributed by atoms with van der Waals surface area (Å²) >= 11 is 12.1. The molecule has 23 heavy (non-hydrogen) atoms. The molecule has 1 amide bonds. The zero-order valence-corrected chi connectivity index (χ0v) is 13.8. The molecule has 0 radical (unpaired) electrons. The maximum absolute atomic E-state index is 12.3. The molecule has 2 aromatic rings. The zero-order chi connectivity index (χ0) is 16.2. The van der Waals surface area contributed by atoms with Crippen molar-refractivity contribution in [2.45, 2.75) is 6.10 Å². The Morgan fingerprint density at radius 1 is 1.13 bits per heavy atom. The summed E-state index contributed by atoms with van der Waals surface area (Å²) in [6.45, 7) is 2.37. The highest BCUT2D eigenvalue weighted by molar-refractivity contribution is 6.40. The summed E-state index contributed by atoms with van der Waals surface area (Å²) in [5.41, 5.74) is 2.03. The van der Waals surface area contributed by atoms with Crippen molar-refractivity contribution in [3.63, 3.8) is 0 Å². The van der Waals surface area contributed by atoms with Crippen LogP contribution in [0.2, 0.25) is 10.0 Å². The van der Waals surface area contributed by atoms with E-state index in [1.54, 1.807) is 18.2 Å². The quantitative estimate of drug-likeness (QED) is 0.882. The van der Waals surface area contributed by atoms with Crippen LogP contribution < -0.4 is 10.6 Å². The van der Waals surface area contributed by atoms with Gasteiger partial charge < -0.3 is 15.4 Å². The zero-order valence-electron chi connectivity index (χ0n) is 12.3. The van der Waals surface area contributed by atoms with Crippen LogP contribution in [-0.4, -0.2) is 25.6 Å². The van der Waals surface area contributed by atoms with Crippen molar-refractivity contribution in [1.29, 1.82) is 0 Å². The van der Waals surface area contributed by atoms with E-state index < -0.39 is 0 Å². The number of morpholine rings is 1.